The summed E-state index contributed by atoms with van der Waals surface area (Å²) in [6.07, 6.45) is 13.8. The number of H-pyrrole nitrogens is 1. The van der Waals surface area contributed by atoms with E-state index in [4.69, 9.17) is 11.6 Å². The van der Waals surface area contributed by atoms with E-state index in [1.807, 2.05) is 6.20 Å². The summed E-state index contributed by atoms with van der Waals surface area (Å²) in [5, 5.41) is 0.840. The highest BCUT2D eigenvalue weighted by molar-refractivity contribution is 6.30. The predicted octanol–water partition coefficient (Wildman–Crippen LogP) is 6.48. The zero-order valence-corrected chi connectivity index (χ0v) is 13.7. The molecular weight excluding hydrogens is 254 g/mol. The highest BCUT2D eigenvalue weighted by atomic mass is 35.5. The van der Waals surface area contributed by atoms with Crippen LogP contribution in [0.15, 0.2) is 12.3 Å². The molecule has 1 atom stereocenters. The molecule has 0 radical (unpaired) electrons. The van der Waals surface area contributed by atoms with Gasteiger partial charge in [0, 0.05) is 6.20 Å². The van der Waals surface area contributed by atoms with Crippen molar-refractivity contribution in [3.63, 3.8) is 0 Å². The van der Waals surface area contributed by atoms with Crippen LogP contribution in [0.2, 0.25) is 5.15 Å². The lowest BCUT2D eigenvalue weighted by Gasteiger charge is -2.30. The van der Waals surface area contributed by atoms with Crippen LogP contribution in [0.25, 0.3) is 0 Å². The van der Waals surface area contributed by atoms with Crippen LogP contribution in [0.5, 0.6) is 0 Å². The molecule has 0 saturated carbocycles. The minimum atomic E-state index is 0.249. The standard InChI is InChI=1S/C17H30ClN/c1-4-6-8-9-10-13-17(3,12-7-5-2)15-11-14-19-16(15)18/h11,14,19H,4-10,12-13H2,1-3H3. The number of unbranched alkanes of at least 4 members (excludes halogenated alkanes) is 5. The zero-order valence-electron chi connectivity index (χ0n) is 12.9. The number of nitrogens with one attached hydrogen (secondary N) is 1. The average molecular weight is 284 g/mol. The van der Waals surface area contributed by atoms with Gasteiger partial charge in [-0.05, 0) is 29.9 Å². The molecule has 110 valence electrons. The van der Waals surface area contributed by atoms with Gasteiger partial charge in [-0.1, -0.05) is 77.3 Å². The molecule has 0 aliphatic carbocycles. The van der Waals surface area contributed by atoms with Crippen molar-refractivity contribution in [1.82, 2.24) is 4.98 Å². The zero-order chi connectivity index (χ0) is 14.1. The van der Waals surface area contributed by atoms with Gasteiger partial charge >= 0.3 is 0 Å². The number of rotatable bonds is 10. The molecule has 2 heteroatoms. The molecule has 0 fully saturated rings. The first-order chi connectivity index (χ1) is 9.14. The molecule has 1 nitrogen and oxygen atoms in total. The van der Waals surface area contributed by atoms with Gasteiger partial charge in [0.05, 0.1) is 0 Å². The Morgan fingerprint density at radius 3 is 2.21 bits per heavy atom. The lowest BCUT2D eigenvalue weighted by Crippen LogP contribution is -2.22. The van der Waals surface area contributed by atoms with E-state index in [0.717, 1.165) is 5.15 Å². The molecule has 1 heterocycles. The summed E-state index contributed by atoms with van der Waals surface area (Å²) < 4.78 is 0. The van der Waals surface area contributed by atoms with Crippen LogP contribution in [-0.4, -0.2) is 4.98 Å². The molecule has 19 heavy (non-hydrogen) atoms. The van der Waals surface area contributed by atoms with Gasteiger partial charge in [-0.2, -0.15) is 0 Å². The second-order valence-corrected chi connectivity index (χ2v) is 6.41. The number of hydrogen-bond donors (Lipinski definition) is 1. The Morgan fingerprint density at radius 1 is 1.00 bits per heavy atom. The minimum Gasteiger partial charge on any atom is -0.352 e. The average Bonchev–Trinajstić information content (AvgIpc) is 2.83. The third-order valence-electron chi connectivity index (χ3n) is 4.26. The molecular formula is C17H30ClN. The van der Waals surface area contributed by atoms with Crippen molar-refractivity contribution in [3.05, 3.63) is 23.0 Å². The van der Waals surface area contributed by atoms with Gasteiger partial charge in [-0.3, -0.25) is 0 Å². The molecule has 0 amide bonds. The molecule has 1 N–H and O–H groups in total. The molecule has 0 aromatic carbocycles. The molecule has 1 rings (SSSR count). The Hall–Kier alpha value is -0.430. The first kappa shape index (κ1) is 16.6. The molecule has 0 spiro atoms. The number of aromatic nitrogens is 1. The van der Waals surface area contributed by atoms with Crippen LogP contribution >= 0.6 is 11.6 Å². The third kappa shape index (κ3) is 5.22. The number of halogens is 1. The van der Waals surface area contributed by atoms with E-state index < -0.39 is 0 Å². The summed E-state index contributed by atoms with van der Waals surface area (Å²) in [7, 11) is 0. The molecule has 0 saturated heterocycles. The van der Waals surface area contributed by atoms with E-state index in [1.54, 1.807) is 0 Å². The Labute approximate surface area is 124 Å². The summed E-state index contributed by atoms with van der Waals surface area (Å²) in [5.41, 5.74) is 1.57. The van der Waals surface area contributed by atoms with Gasteiger partial charge in [0.1, 0.15) is 5.15 Å². The molecule has 0 aliphatic heterocycles. The summed E-state index contributed by atoms with van der Waals surface area (Å²) in [6, 6.07) is 2.17. The van der Waals surface area contributed by atoms with E-state index in [2.05, 4.69) is 31.8 Å². The predicted molar refractivity (Wildman–Crippen MR) is 86.1 cm³/mol. The second kappa shape index (κ2) is 8.68. The van der Waals surface area contributed by atoms with Gasteiger partial charge in [0.25, 0.3) is 0 Å². The van der Waals surface area contributed by atoms with Crippen LogP contribution < -0.4 is 0 Å². The second-order valence-electron chi connectivity index (χ2n) is 6.03. The summed E-state index contributed by atoms with van der Waals surface area (Å²) in [6.45, 7) is 6.92. The third-order valence-corrected chi connectivity index (χ3v) is 4.57. The normalized spacial score (nSPS) is 14.5. The quantitative estimate of drug-likeness (QED) is 0.473. The Morgan fingerprint density at radius 2 is 1.63 bits per heavy atom. The Bertz CT molecular complexity index is 345. The molecule has 0 bridgehead atoms. The fraction of sp³-hybridized carbons (Fsp3) is 0.765. The highest BCUT2D eigenvalue weighted by Crippen LogP contribution is 2.38. The fourth-order valence-electron chi connectivity index (χ4n) is 2.90. The van der Waals surface area contributed by atoms with Gasteiger partial charge in [-0.15, -0.1) is 0 Å². The topological polar surface area (TPSA) is 15.8 Å². The van der Waals surface area contributed by atoms with Crippen molar-refractivity contribution in [3.8, 4) is 0 Å². The lowest BCUT2D eigenvalue weighted by molar-refractivity contribution is 0.369. The van der Waals surface area contributed by atoms with Crippen molar-refractivity contribution in [2.75, 3.05) is 0 Å². The summed E-state index contributed by atoms with van der Waals surface area (Å²) >= 11 is 6.31. The van der Waals surface area contributed by atoms with E-state index >= 15 is 0 Å². The van der Waals surface area contributed by atoms with Crippen LogP contribution in [0, 0.1) is 0 Å². The van der Waals surface area contributed by atoms with Crippen molar-refractivity contribution in [1.29, 1.82) is 0 Å². The first-order valence-corrected chi connectivity index (χ1v) is 8.35. The van der Waals surface area contributed by atoms with Crippen molar-refractivity contribution < 1.29 is 0 Å². The van der Waals surface area contributed by atoms with E-state index in [9.17, 15) is 0 Å². The smallest absolute Gasteiger partial charge is 0.110 e. The van der Waals surface area contributed by atoms with Crippen molar-refractivity contribution in [2.24, 2.45) is 0 Å². The van der Waals surface area contributed by atoms with Crippen molar-refractivity contribution >= 4 is 11.6 Å². The molecule has 1 unspecified atom stereocenters. The van der Waals surface area contributed by atoms with Gasteiger partial charge < -0.3 is 4.98 Å². The SMILES string of the molecule is CCCCCCCC(C)(CCCC)c1cc[nH]c1Cl. The van der Waals surface area contributed by atoms with Gasteiger partial charge in [0.15, 0.2) is 0 Å². The Balaban J connectivity index is 2.58. The van der Waals surface area contributed by atoms with Gasteiger partial charge in [-0.25, -0.2) is 0 Å². The largest absolute Gasteiger partial charge is 0.352 e. The van der Waals surface area contributed by atoms with Crippen LogP contribution in [0.3, 0.4) is 0 Å². The maximum Gasteiger partial charge on any atom is 0.110 e. The van der Waals surface area contributed by atoms with Crippen molar-refractivity contribution in [2.45, 2.75) is 84.0 Å². The van der Waals surface area contributed by atoms with E-state index in [1.165, 1.54) is 63.4 Å². The first-order valence-electron chi connectivity index (χ1n) is 7.97. The number of aromatic amines is 1. The minimum absolute atomic E-state index is 0.249. The maximum absolute atomic E-state index is 6.31. The van der Waals surface area contributed by atoms with E-state index in [0.29, 0.717) is 0 Å². The van der Waals surface area contributed by atoms with E-state index in [-0.39, 0.29) is 5.41 Å². The van der Waals surface area contributed by atoms with Gasteiger partial charge in [0.2, 0.25) is 0 Å². The van der Waals surface area contributed by atoms with Crippen LogP contribution in [-0.2, 0) is 5.41 Å². The lowest BCUT2D eigenvalue weighted by atomic mass is 9.75. The van der Waals surface area contributed by atoms with Crippen LogP contribution in [0.4, 0.5) is 0 Å². The highest BCUT2D eigenvalue weighted by Gasteiger charge is 2.28. The number of hydrogen-bond acceptors (Lipinski definition) is 0. The maximum atomic E-state index is 6.31. The summed E-state index contributed by atoms with van der Waals surface area (Å²) in [4.78, 5) is 3.13. The summed E-state index contributed by atoms with van der Waals surface area (Å²) in [5.74, 6) is 0. The van der Waals surface area contributed by atoms with Crippen LogP contribution in [0.1, 0.15) is 84.1 Å². The Kier molecular flexibility index (Phi) is 7.60. The fourth-order valence-corrected chi connectivity index (χ4v) is 3.25. The molecule has 0 aliphatic rings. The molecule has 1 aromatic rings. The molecule has 1 aromatic heterocycles. The monoisotopic (exact) mass is 283 g/mol.